The van der Waals surface area contributed by atoms with E-state index in [9.17, 15) is 13.2 Å². The molecule has 2 heterocycles. The van der Waals surface area contributed by atoms with Crippen LogP contribution in [0.2, 0.25) is 10.0 Å². The third-order valence-corrected chi connectivity index (χ3v) is 3.54. The number of hydrogen-bond donors (Lipinski definition) is 0. The number of halogens is 5. The highest BCUT2D eigenvalue weighted by atomic mass is 35.5. The van der Waals surface area contributed by atoms with E-state index in [0.29, 0.717) is 15.6 Å². The van der Waals surface area contributed by atoms with Gasteiger partial charge in [-0.2, -0.15) is 23.3 Å². The molecule has 0 bridgehead atoms. The molecule has 0 atom stereocenters. The quantitative estimate of drug-likeness (QED) is 0.675. The molecule has 0 saturated carbocycles. The highest BCUT2D eigenvalue weighted by Gasteiger charge is 2.35. The van der Waals surface area contributed by atoms with Crippen molar-refractivity contribution in [1.82, 2.24) is 19.9 Å². The van der Waals surface area contributed by atoms with E-state index in [0.717, 1.165) is 10.7 Å². The van der Waals surface area contributed by atoms with Crippen molar-refractivity contribution in [3.8, 4) is 23.0 Å². The van der Waals surface area contributed by atoms with Crippen LogP contribution in [0.1, 0.15) is 5.69 Å². The molecule has 0 spiro atoms. The molecule has 0 fully saturated rings. The van der Waals surface area contributed by atoms with Gasteiger partial charge >= 0.3 is 6.18 Å². The van der Waals surface area contributed by atoms with Crippen LogP contribution < -0.4 is 0 Å². The van der Waals surface area contributed by atoms with Crippen molar-refractivity contribution < 1.29 is 17.7 Å². The minimum Gasteiger partial charge on any atom is -0.332 e. The van der Waals surface area contributed by atoms with Gasteiger partial charge in [-0.1, -0.05) is 28.4 Å². The summed E-state index contributed by atoms with van der Waals surface area (Å²) in [5.41, 5.74) is -0.551. The number of hydrogen-bond acceptors (Lipinski definition) is 4. The molecule has 0 aliphatic heterocycles. The van der Waals surface area contributed by atoms with Crippen molar-refractivity contribution >= 4 is 23.2 Å². The predicted octanol–water partition coefficient (Wildman–Crippen LogP) is 4.46. The van der Waals surface area contributed by atoms with Crippen molar-refractivity contribution in [3.05, 3.63) is 40.0 Å². The van der Waals surface area contributed by atoms with Crippen LogP contribution in [0.3, 0.4) is 0 Å². The zero-order chi connectivity index (χ0) is 16.8. The molecule has 0 aliphatic rings. The zero-order valence-electron chi connectivity index (χ0n) is 11.4. The molecule has 1 aromatic carbocycles. The Balaban J connectivity index is 2.01. The third-order valence-electron chi connectivity index (χ3n) is 2.99. The summed E-state index contributed by atoms with van der Waals surface area (Å²) in [5, 5.41) is 7.85. The number of aromatic nitrogens is 4. The highest BCUT2D eigenvalue weighted by molar-refractivity contribution is 6.36. The molecule has 0 radical (unpaired) electrons. The smallest absolute Gasteiger partial charge is 0.332 e. The molecule has 2 aromatic heterocycles. The van der Waals surface area contributed by atoms with Gasteiger partial charge in [-0.25, -0.2) is 0 Å². The molecule has 120 valence electrons. The van der Waals surface area contributed by atoms with Gasteiger partial charge in [-0.05, 0) is 18.2 Å². The van der Waals surface area contributed by atoms with Crippen LogP contribution in [0.15, 0.2) is 28.8 Å². The SMILES string of the molecule is Cn1nc(C(F)(F)F)cc1-c1nc(-c2ccc(Cl)cc2Cl)no1. The number of nitrogens with zero attached hydrogens (tertiary/aromatic N) is 4. The van der Waals surface area contributed by atoms with E-state index < -0.39 is 11.9 Å². The number of rotatable bonds is 2. The van der Waals surface area contributed by atoms with Crippen LogP contribution in [0.5, 0.6) is 0 Å². The van der Waals surface area contributed by atoms with E-state index in [2.05, 4.69) is 15.2 Å². The molecule has 5 nitrogen and oxygen atoms in total. The van der Waals surface area contributed by atoms with Gasteiger partial charge in [0, 0.05) is 23.7 Å². The fraction of sp³-hybridized carbons (Fsp3) is 0.154. The van der Waals surface area contributed by atoms with Gasteiger partial charge in [-0.3, -0.25) is 4.68 Å². The maximum Gasteiger partial charge on any atom is 0.435 e. The third kappa shape index (κ3) is 3.04. The average molecular weight is 363 g/mol. The van der Waals surface area contributed by atoms with Crippen LogP contribution in [-0.4, -0.2) is 19.9 Å². The molecular weight excluding hydrogens is 356 g/mol. The van der Waals surface area contributed by atoms with Crippen molar-refractivity contribution in [2.75, 3.05) is 0 Å². The lowest BCUT2D eigenvalue weighted by atomic mass is 10.2. The maximum atomic E-state index is 12.7. The summed E-state index contributed by atoms with van der Waals surface area (Å²) in [7, 11) is 1.35. The van der Waals surface area contributed by atoms with Crippen LogP contribution in [0, 0.1) is 0 Å². The van der Waals surface area contributed by atoms with Gasteiger partial charge in [0.2, 0.25) is 5.82 Å². The van der Waals surface area contributed by atoms with Crippen molar-refractivity contribution in [1.29, 1.82) is 0 Å². The Bertz CT molecular complexity index is 872. The van der Waals surface area contributed by atoms with Gasteiger partial charge in [-0.15, -0.1) is 0 Å². The molecule has 0 saturated heterocycles. The summed E-state index contributed by atoms with van der Waals surface area (Å²) >= 11 is 11.8. The Labute approximate surface area is 137 Å². The Hall–Kier alpha value is -2.06. The van der Waals surface area contributed by atoms with Gasteiger partial charge in [0.1, 0.15) is 5.69 Å². The standard InChI is InChI=1S/C13H7Cl2F3N4O/c1-22-9(5-10(20-22)13(16,17)18)12-19-11(21-23-12)7-3-2-6(14)4-8(7)15/h2-5H,1H3. The number of alkyl halides is 3. The summed E-state index contributed by atoms with van der Waals surface area (Å²) in [6.07, 6.45) is -4.56. The molecule has 3 rings (SSSR count). The molecule has 0 aliphatic carbocycles. The molecule has 23 heavy (non-hydrogen) atoms. The van der Waals surface area contributed by atoms with Crippen LogP contribution in [-0.2, 0) is 13.2 Å². The molecule has 0 amide bonds. The van der Waals surface area contributed by atoms with Gasteiger partial charge < -0.3 is 4.52 Å². The monoisotopic (exact) mass is 362 g/mol. The normalized spacial score (nSPS) is 11.9. The first-order chi connectivity index (χ1) is 10.8. The molecular formula is C13H7Cl2F3N4O. The fourth-order valence-electron chi connectivity index (χ4n) is 1.91. The van der Waals surface area contributed by atoms with Crippen LogP contribution in [0.25, 0.3) is 23.0 Å². The lowest BCUT2D eigenvalue weighted by Crippen LogP contribution is -2.06. The van der Waals surface area contributed by atoms with E-state index >= 15 is 0 Å². The minimum absolute atomic E-state index is 0.0427. The Morgan fingerprint density at radius 3 is 2.52 bits per heavy atom. The summed E-state index contributed by atoms with van der Waals surface area (Å²) in [5.74, 6) is 0.0351. The molecule has 0 N–H and O–H groups in total. The lowest BCUT2D eigenvalue weighted by molar-refractivity contribution is -0.141. The topological polar surface area (TPSA) is 56.7 Å². The summed E-state index contributed by atoms with van der Waals surface area (Å²) < 4.78 is 44.1. The number of benzene rings is 1. The van der Waals surface area contributed by atoms with E-state index in [1.54, 1.807) is 12.1 Å². The van der Waals surface area contributed by atoms with Gasteiger partial charge in [0.15, 0.2) is 5.69 Å². The van der Waals surface area contributed by atoms with Gasteiger partial charge in [0.05, 0.1) is 5.02 Å². The molecule has 0 unspecified atom stereocenters. The van der Waals surface area contributed by atoms with Gasteiger partial charge in [0.25, 0.3) is 5.89 Å². The van der Waals surface area contributed by atoms with Crippen molar-refractivity contribution in [2.45, 2.75) is 6.18 Å². The Kier molecular flexibility index (Phi) is 3.81. The maximum absolute atomic E-state index is 12.7. The van der Waals surface area contributed by atoms with E-state index in [4.69, 9.17) is 27.7 Å². The zero-order valence-corrected chi connectivity index (χ0v) is 12.9. The second-order valence-corrected chi connectivity index (χ2v) is 5.43. The van der Waals surface area contributed by atoms with E-state index in [1.807, 2.05) is 0 Å². The summed E-state index contributed by atoms with van der Waals surface area (Å²) in [6, 6.07) is 5.51. The van der Waals surface area contributed by atoms with Crippen molar-refractivity contribution in [2.24, 2.45) is 7.05 Å². The first-order valence-corrected chi connectivity index (χ1v) is 6.92. The Morgan fingerprint density at radius 2 is 1.91 bits per heavy atom. The summed E-state index contributed by atoms with van der Waals surface area (Å²) in [6.45, 7) is 0. The molecule has 3 aromatic rings. The second kappa shape index (κ2) is 5.54. The van der Waals surface area contributed by atoms with Crippen LogP contribution >= 0.6 is 23.2 Å². The number of aryl methyl sites for hydroxylation is 1. The first-order valence-electron chi connectivity index (χ1n) is 6.16. The second-order valence-electron chi connectivity index (χ2n) is 4.58. The Morgan fingerprint density at radius 1 is 1.17 bits per heavy atom. The highest BCUT2D eigenvalue weighted by Crippen LogP contribution is 2.33. The van der Waals surface area contributed by atoms with E-state index in [-0.39, 0.29) is 17.4 Å². The van der Waals surface area contributed by atoms with Crippen LogP contribution in [0.4, 0.5) is 13.2 Å². The van der Waals surface area contributed by atoms with Crippen molar-refractivity contribution in [3.63, 3.8) is 0 Å². The van der Waals surface area contributed by atoms with E-state index in [1.165, 1.54) is 13.1 Å². The summed E-state index contributed by atoms with van der Waals surface area (Å²) in [4.78, 5) is 4.06. The first kappa shape index (κ1) is 15.8. The predicted molar refractivity (Wildman–Crippen MR) is 77.0 cm³/mol. The largest absolute Gasteiger partial charge is 0.435 e. The fourth-order valence-corrected chi connectivity index (χ4v) is 2.41. The minimum atomic E-state index is -4.56. The average Bonchev–Trinajstić information content (AvgIpc) is 3.04. The lowest BCUT2D eigenvalue weighted by Gasteiger charge is -1.98. The molecule has 10 heteroatoms.